The first-order chi connectivity index (χ1) is 7.47. The highest BCUT2D eigenvalue weighted by Crippen LogP contribution is 2.16. The Kier molecular flexibility index (Phi) is 4.73. The topological polar surface area (TPSA) is 55.1 Å². The molecule has 0 bridgehead atoms. The molecule has 3 nitrogen and oxygen atoms in total. The van der Waals surface area contributed by atoms with Crippen LogP contribution in [0.4, 0.5) is 15.8 Å². The zero-order valence-corrected chi connectivity index (χ0v) is 10.3. The molecule has 1 rings (SSSR count). The minimum absolute atomic E-state index is 0.144. The van der Waals surface area contributed by atoms with Gasteiger partial charge in [0, 0.05) is 40.2 Å². The highest BCUT2D eigenvalue weighted by molar-refractivity contribution is 7.84. The molecule has 16 heavy (non-hydrogen) atoms. The molecule has 0 aliphatic rings. The van der Waals surface area contributed by atoms with Gasteiger partial charge in [-0.15, -0.1) is 0 Å². The van der Waals surface area contributed by atoms with Gasteiger partial charge in [-0.1, -0.05) is 0 Å². The molecule has 2 unspecified atom stereocenters. The summed E-state index contributed by atoms with van der Waals surface area (Å²) >= 11 is 0. The number of hydrogen-bond acceptors (Lipinski definition) is 3. The first-order valence-electron chi connectivity index (χ1n) is 5.10. The number of halogens is 1. The van der Waals surface area contributed by atoms with E-state index in [4.69, 9.17) is 5.73 Å². The van der Waals surface area contributed by atoms with Crippen molar-refractivity contribution in [2.45, 2.75) is 19.4 Å². The Morgan fingerprint density at radius 2 is 2.19 bits per heavy atom. The quantitative estimate of drug-likeness (QED) is 0.779. The van der Waals surface area contributed by atoms with Gasteiger partial charge in [-0.3, -0.25) is 4.21 Å². The Labute approximate surface area is 97.7 Å². The van der Waals surface area contributed by atoms with Crippen LogP contribution < -0.4 is 11.1 Å². The Balaban J connectivity index is 2.55. The molecule has 0 fully saturated rings. The fraction of sp³-hybridized carbons (Fsp3) is 0.455. The highest BCUT2D eigenvalue weighted by Gasteiger charge is 2.05. The third-order valence-corrected chi connectivity index (χ3v) is 2.98. The van der Waals surface area contributed by atoms with E-state index in [1.807, 2.05) is 6.92 Å². The van der Waals surface area contributed by atoms with Crippen molar-refractivity contribution in [3.63, 3.8) is 0 Å². The Hall–Kier alpha value is -1.10. The number of benzene rings is 1. The molecule has 90 valence electrons. The Morgan fingerprint density at radius 1 is 1.50 bits per heavy atom. The standard InChI is InChI=1S/C11H17FN2OS/c1-8(3-4-16(2)15)14-11-6-9(12)5-10(13)7-11/h5-8,14H,3-4,13H2,1-2H3. The van der Waals surface area contributed by atoms with Gasteiger partial charge in [0.1, 0.15) is 5.82 Å². The van der Waals surface area contributed by atoms with Gasteiger partial charge in [0.15, 0.2) is 0 Å². The first kappa shape index (κ1) is 13.0. The van der Waals surface area contributed by atoms with E-state index in [2.05, 4.69) is 5.32 Å². The van der Waals surface area contributed by atoms with Crippen LogP contribution in [0.3, 0.4) is 0 Å². The number of hydrogen-bond donors (Lipinski definition) is 2. The number of nitrogens with one attached hydrogen (secondary N) is 1. The normalized spacial score (nSPS) is 14.4. The van der Waals surface area contributed by atoms with Crippen LogP contribution in [-0.2, 0) is 10.8 Å². The third kappa shape index (κ3) is 4.61. The molecule has 0 radical (unpaired) electrons. The molecule has 0 heterocycles. The zero-order valence-electron chi connectivity index (χ0n) is 9.50. The highest BCUT2D eigenvalue weighted by atomic mass is 32.2. The van der Waals surface area contributed by atoms with Crippen LogP contribution >= 0.6 is 0 Å². The molecule has 0 saturated heterocycles. The fourth-order valence-corrected chi connectivity index (χ4v) is 2.08. The molecule has 0 aliphatic carbocycles. The molecule has 0 amide bonds. The summed E-state index contributed by atoms with van der Waals surface area (Å²) in [6.07, 6.45) is 2.45. The van der Waals surface area contributed by atoms with E-state index in [-0.39, 0.29) is 11.9 Å². The number of rotatable bonds is 5. The van der Waals surface area contributed by atoms with Crippen molar-refractivity contribution < 1.29 is 8.60 Å². The van der Waals surface area contributed by atoms with E-state index in [0.29, 0.717) is 17.1 Å². The first-order valence-corrected chi connectivity index (χ1v) is 6.82. The second-order valence-corrected chi connectivity index (χ2v) is 5.44. The minimum Gasteiger partial charge on any atom is -0.399 e. The van der Waals surface area contributed by atoms with Gasteiger partial charge in [-0.2, -0.15) is 0 Å². The lowest BCUT2D eigenvalue weighted by Gasteiger charge is -2.15. The maximum atomic E-state index is 13.0. The summed E-state index contributed by atoms with van der Waals surface area (Å²) in [5, 5.41) is 3.12. The Morgan fingerprint density at radius 3 is 2.75 bits per heavy atom. The van der Waals surface area contributed by atoms with Crippen LogP contribution in [0, 0.1) is 5.82 Å². The van der Waals surface area contributed by atoms with Crippen LogP contribution in [0.5, 0.6) is 0 Å². The van der Waals surface area contributed by atoms with Gasteiger partial charge in [0.2, 0.25) is 0 Å². The summed E-state index contributed by atoms with van der Waals surface area (Å²) in [5.74, 6) is 0.285. The summed E-state index contributed by atoms with van der Waals surface area (Å²) in [5.41, 5.74) is 6.58. The molecule has 0 aromatic heterocycles. The van der Waals surface area contributed by atoms with Gasteiger partial charge < -0.3 is 11.1 Å². The van der Waals surface area contributed by atoms with E-state index in [1.165, 1.54) is 12.1 Å². The molecule has 0 saturated carbocycles. The van der Waals surface area contributed by atoms with Crippen molar-refractivity contribution in [2.24, 2.45) is 0 Å². The molecule has 3 N–H and O–H groups in total. The maximum absolute atomic E-state index is 13.0. The van der Waals surface area contributed by atoms with Crippen molar-refractivity contribution in [2.75, 3.05) is 23.1 Å². The lowest BCUT2D eigenvalue weighted by molar-refractivity contribution is 0.628. The number of anilines is 2. The number of nitrogen functional groups attached to an aromatic ring is 1. The van der Waals surface area contributed by atoms with Crippen LogP contribution in [0.1, 0.15) is 13.3 Å². The average molecular weight is 244 g/mol. The van der Waals surface area contributed by atoms with E-state index in [9.17, 15) is 8.60 Å². The molecule has 0 aliphatic heterocycles. The smallest absolute Gasteiger partial charge is 0.127 e. The molecule has 5 heteroatoms. The largest absolute Gasteiger partial charge is 0.399 e. The third-order valence-electron chi connectivity index (χ3n) is 2.17. The summed E-state index contributed by atoms with van der Waals surface area (Å²) in [7, 11) is -0.792. The van der Waals surface area contributed by atoms with Gasteiger partial charge in [-0.25, -0.2) is 4.39 Å². The molecular weight excluding hydrogens is 227 g/mol. The summed E-state index contributed by atoms with van der Waals surface area (Å²) in [4.78, 5) is 0. The van der Waals surface area contributed by atoms with Gasteiger partial charge in [0.25, 0.3) is 0 Å². The second-order valence-electron chi connectivity index (χ2n) is 3.88. The minimum atomic E-state index is -0.792. The van der Waals surface area contributed by atoms with E-state index >= 15 is 0 Å². The molecule has 1 aromatic rings. The maximum Gasteiger partial charge on any atom is 0.127 e. The summed E-state index contributed by atoms with van der Waals surface area (Å²) in [6, 6.07) is 4.50. The van der Waals surface area contributed by atoms with Crippen LogP contribution in [-0.4, -0.2) is 22.3 Å². The van der Waals surface area contributed by atoms with Crippen molar-refractivity contribution >= 4 is 22.2 Å². The lowest BCUT2D eigenvalue weighted by atomic mass is 10.2. The van der Waals surface area contributed by atoms with Crippen molar-refractivity contribution in [1.29, 1.82) is 0 Å². The second kappa shape index (κ2) is 5.84. The van der Waals surface area contributed by atoms with Crippen LogP contribution in [0.25, 0.3) is 0 Å². The van der Waals surface area contributed by atoms with Gasteiger partial charge in [0.05, 0.1) is 0 Å². The van der Waals surface area contributed by atoms with E-state index in [1.54, 1.807) is 12.3 Å². The fourth-order valence-electron chi connectivity index (χ4n) is 1.40. The lowest BCUT2D eigenvalue weighted by Crippen LogP contribution is -2.18. The summed E-state index contributed by atoms with van der Waals surface area (Å²) < 4.78 is 23.9. The van der Waals surface area contributed by atoms with Crippen molar-refractivity contribution in [3.8, 4) is 0 Å². The van der Waals surface area contributed by atoms with Crippen molar-refractivity contribution in [3.05, 3.63) is 24.0 Å². The van der Waals surface area contributed by atoms with E-state index < -0.39 is 10.8 Å². The predicted octanol–water partition coefficient (Wildman–Crippen LogP) is 1.98. The van der Waals surface area contributed by atoms with Gasteiger partial charge >= 0.3 is 0 Å². The summed E-state index contributed by atoms with van der Waals surface area (Å²) in [6.45, 7) is 1.97. The SMILES string of the molecule is CC(CCS(C)=O)Nc1cc(N)cc(F)c1. The van der Waals surface area contributed by atoms with Gasteiger partial charge in [-0.05, 0) is 31.5 Å². The molecule has 2 atom stereocenters. The predicted molar refractivity (Wildman–Crippen MR) is 67.4 cm³/mol. The monoisotopic (exact) mass is 244 g/mol. The average Bonchev–Trinajstić information content (AvgIpc) is 2.12. The number of nitrogens with two attached hydrogens (primary N) is 1. The van der Waals surface area contributed by atoms with Crippen LogP contribution in [0.2, 0.25) is 0 Å². The van der Waals surface area contributed by atoms with E-state index in [0.717, 1.165) is 6.42 Å². The Bertz CT molecular complexity index is 364. The molecular formula is C11H17FN2OS. The zero-order chi connectivity index (χ0) is 12.1. The van der Waals surface area contributed by atoms with Crippen LogP contribution in [0.15, 0.2) is 18.2 Å². The molecule has 1 aromatic carbocycles. The molecule has 0 spiro atoms. The van der Waals surface area contributed by atoms with Crippen molar-refractivity contribution in [1.82, 2.24) is 0 Å².